The number of aromatic hydroxyl groups is 1. The summed E-state index contributed by atoms with van der Waals surface area (Å²) < 4.78 is 8.53. The number of H-pyrrole nitrogens is 2. The minimum atomic E-state index is -1.12. The Morgan fingerprint density at radius 1 is 0.640 bits per heavy atom. The fourth-order valence-corrected chi connectivity index (χ4v) is 6.90. The fraction of sp³-hybridized carbons (Fsp3) is 0.0769. The number of nitrogens with zero attached hydrogens (tertiary/aromatic N) is 2. The van der Waals surface area contributed by atoms with Crippen LogP contribution in [-0.2, 0) is 0 Å². The number of aromatic amines is 2. The van der Waals surface area contributed by atoms with Crippen LogP contribution in [0.4, 0.5) is 0 Å². The topological polar surface area (TPSA) is 105 Å². The Balaban J connectivity index is 1.65. The van der Waals surface area contributed by atoms with Gasteiger partial charge in [-0.05, 0) is 53.9 Å². The van der Waals surface area contributed by atoms with Gasteiger partial charge in [0, 0.05) is 11.1 Å². The summed E-state index contributed by atoms with van der Waals surface area (Å²) in [5.41, 5.74) is 2.91. The third kappa shape index (κ3) is 5.92. The Morgan fingerprint density at radius 2 is 1.08 bits per heavy atom. The number of nitrogens with one attached hydrogen (secondary N) is 2. The lowest BCUT2D eigenvalue weighted by molar-refractivity contribution is 0.317. The molecule has 2 aromatic heterocycles. The average Bonchev–Trinajstić information content (AvgIpc) is 3.64. The first kappa shape index (κ1) is 33.1. The van der Waals surface area contributed by atoms with Gasteiger partial charge >= 0.3 is 0 Å². The van der Waals surface area contributed by atoms with Gasteiger partial charge in [-0.25, -0.2) is 9.36 Å². The zero-order valence-electron chi connectivity index (χ0n) is 26.5. The van der Waals surface area contributed by atoms with Crippen molar-refractivity contribution in [3.63, 3.8) is 0 Å². The van der Waals surface area contributed by atoms with E-state index in [0.29, 0.717) is 49.5 Å². The maximum absolute atomic E-state index is 15.0. The van der Waals surface area contributed by atoms with E-state index in [4.69, 9.17) is 39.5 Å². The van der Waals surface area contributed by atoms with Crippen LogP contribution in [0.5, 0.6) is 11.5 Å². The van der Waals surface area contributed by atoms with Gasteiger partial charge in [-0.3, -0.25) is 19.8 Å². The molecule has 3 N–H and O–H groups in total. The summed E-state index contributed by atoms with van der Waals surface area (Å²) in [5, 5.41) is 18.2. The van der Waals surface area contributed by atoms with Crippen LogP contribution in [0.25, 0.3) is 33.9 Å². The van der Waals surface area contributed by atoms with Gasteiger partial charge < -0.3 is 9.84 Å². The molecule has 11 heteroatoms. The van der Waals surface area contributed by atoms with Crippen LogP contribution in [0.2, 0.25) is 15.1 Å². The standard InChI is InChI=1S/C39H29Cl3N4O4/c1-2-50-32-21-25(28(42)22-31(32)47)33(34-36(23-13-5-3-6-14-23)43-45(38(34)48)29-19-11-9-17-26(29)40)35-37(24-15-7-4-8-16-24)44-46(39(35)49)30-20-12-10-18-27(30)41/h3-22,33,43-44,47H,2H2,1H3. The molecule has 0 radical (unpaired) electrons. The van der Waals surface area contributed by atoms with Crippen molar-refractivity contribution in [2.75, 3.05) is 6.61 Å². The van der Waals surface area contributed by atoms with E-state index in [1.54, 1.807) is 61.5 Å². The van der Waals surface area contributed by atoms with Crippen molar-refractivity contribution in [1.82, 2.24) is 19.6 Å². The molecule has 0 spiro atoms. The number of benzene rings is 5. The zero-order valence-corrected chi connectivity index (χ0v) is 28.8. The van der Waals surface area contributed by atoms with Crippen molar-refractivity contribution in [2.45, 2.75) is 12.8 Å². The number of phenolic OH excluding ortho intramolecular Hbond substituents is 1. The molecule has 0 saturated heterocycles. The number of rotatable bonds is 9. The minimum absolute atomic E-state index is 0.115. The second-order valence-corrected chi connectivity index (χ2v) is 12.6. The Kier molecular flexibility index (Phi) is 9.16. The van der Waals surface area contributed by atoms with E-state index >= 15 is 0 Å². The Hall–Kier alpha value is -5.41. The van der Waals surface area contributed by atoms with Crippen LogP contribution in [0, 0.1) is 0 Å². The molecule has 50 heavy (non-hydrogen) atoms. The second-order valence-electron chi connectivity index (χ2n) is 11.4. The third-order valence-electron chi connectivity index (χ3n) is 8.43. The van der Waals surface area contributed by atoms with Gasteiger partial charge in [-0.2, -0.15) is 0 Å². The van der Waals surface area contributed by atoms with Crippen molar-refractivity contribution in [3.8, 4) is 45.4 Å². The van der Waals surface area contributed by atoms with Crippen LogP contribution < -0.4 is 15.9 Å². The monoisotopic (exact) mass is 722 g/mol. The van der Waals surface area contributed by atoms with Gasteiger partial charge in [0.2, 0.25) is 0 Å². The highest BCUT2D eigenvalue weighted by molar-refractivity contribution is 6.33. The van der Waals surface area contributed by atoms with Gasteiger partial charge in [-0.15, -0.1) is 0 Å². The first-order chi connectivity index (χ1) is 24.3. The van der Waals surface area contributed by atoms with Crippen molar-refractivity contribution >= 4 is 34.8 Å². The average molecular weight is 724 g/mol. The molecule has 0 aliphatic rings. The maximum atomic E-state index is 15.0. The van der Waals surface area contributed by atoms with Crippen LogP contribution in [0.3, 0.4) is 0 Å². The lowest BCUT2D eigenvalue weighted by Crippen LogP contribution is -2.25. The molecule has 0 aliphatic heterocycles. The van der Waals surface area contributed by atoms with Crippen LogP contribution in [-0.4, -0.2) is 31.3 Å². The highest BCUT2D eigenvalue weighted by Gasteiger charge is 2.36. The fourth-order valence-electron chi connectivity index (χ4n) is 6.20. The summed E-state index contributed by atoms with van der Waals surface area (Å²) in [7, 11) is 0. The molecular weight excluding hydrogens is 695 g/mol. The number of ether oxygens (including phenoxy) is 1. The van der Waals surface area contributed by atoms with Gasteiger partial charge in [-0.1, -0.05) is 120 Å². The summed E-state index contributed by atoms with van der Waals surface area (Å²) in [6, 6.07) is 35.5. The normalized spacial score (nSPS) is 11.3. The minimum Gasteiger partial charge on any atom is -0.504 e. The predicted molar refractivity (Wildman–Crippen MR) is 199 cm³/mol. The van der Waals surface area contributed by atoms with Crippen LogP contribution >= 0.6 is 34.8 Å². The van der Waals surface area contributed by atoms with Gasteiger partial charge in [0.1, 0.15) is 0 Å². The molecule has 0 amide bonds. The summed E-state index contributed by atoms with van der Waals surface area (Å²) in [5.74, 6) is -1.16. The first-order valence-electron chi connectivity index (χ1n) is 15.7. The molecule has 0 unspecified atom stereocenters. The molecule has 250 valence electrons. The highest BCUT2D eigenvalue weighted by atomic mass is 35.5. The molecule has 0 fully saturated rings. The Labute approximate surface area is 301 Å². The lowest BCUT2D eigenvalue weighted by Gasteiger charge is -2.20. The number of aromatic nitrogens is 4. The molecular formula is C39H29Cl3N4O4. The van der Waals surface area contributed by atoms with E-state index in [0.717, 1.165) is 0 Å². The van der Waals surface area contributed by atoms with Crippen molar-refractivity contribution in [2.24, 2.45) is 0 Å². The number of para-hydroxylation sites is 2. The molecule has 0 saturated carbocycles. The number of halogens is 3. The molecule has 0 aliphatic carbocycles. The zero-order chi connectivity index (χ0) is 34.9. The predicted octanol–water partition coefficient (Wildman–Crippen LogP) is 9.22. The molecule has 5 aromatic carbocycles. The number of hydrogen-bond donors (Lipinski definition) is 3. The summed E-state index contributed by atoms with van der Waals surface area (Å²) in [6.07, 6.45) is 0. The van der Waals surface area contributed by atoms with Gasteiger partial charge in [0.15, 0.2) is 11.5 Å². The highest BCUT2D eigenvalue weighted by Crippen LogP contribution is 2.44. The van der Waals surface area contributed by atoms with E-state index in [-0.39, 0.29) is 34.3 Å². The lowest BCUT2D eigenvalue weighted by atomic mass is 9.82. The number of phenols is 1. The molecule has 7 rings (SSSR count). The smallest absolute Gasteiger partial charge is 0.276 e. The largest absolute Gasteiger partial charge is 0.504 e. The van der Waals surface area contributed by atoms with Crippen molar-refractivity contribution in [1.29, 1.82) is 0 Å². The van der Waals surface area contributed by atoms with E-state index in [2.05, 4.69) is 10.2 Å². The van der Waals surface area contributed by atoms with Gasteiger partial charge in [0.05, 0.1) is 56.5 Å². The maximum Gasteiger partial charge on any atom is 0.276 e. The number of hydrogen-bond acceptors (Lipinski definition) is 4. The van der Waals surface area contributed by atoms with Crippen LogP contribution in [0.15, 0.2) is 131 Å². The second kappa shape index (κ2) is 13.8. The molecule has 7 aromatic rings. The Morgan fingerprint density at radius 3 is 1.52 bits per heavy atom. The summed E-state index contributed by atoms with van der Waals surface area (Å²) in [4.78, 5) is 30.0. The molecule has 2 heterocycles. The SMILES string of the molecule is CCOc1cc(C(c2c(-c3ccccc3)[nH]n(-c3ccccc3Cl)c2=O)c2c(-c3ccccc3)[nH]n(-c3ccccc3Cl)c2=O)c(Cl)cc1O. The quantitative estimate of drug-likeness (QED) is 0.138. The van der Waals surface area contributed by atoms with Gasteiger partial charge in [0.25, 0.3) is 11.1 Å². The van der Waals surface area contributed by atoms with Crippen molar-refractivity contribution < 1.29 is 9.84 Å². The van der Waals surface area contributed by atoms with E-state index in [1.807, 2.05) is 60.7 Å². The van der Waals surface area contributed by atoms with E-state index in [1.165, 1.54) is 15.4 Å². The molecule has 0 bridgehead atoms. The Bertz CT molecular complexity index is 2310. The third-order valence-corrected chi connectivity index (χ3v) is 9.40. The van der Waals surface area contributed by atoms with Crippen LogP contribution in [0.1, 0.15) is 29.5 Å². The van der Waals surface area contributed by atoms with E-state index in [9.17, 15) is 14.7 Å². The first-order valence-corrected chi connectivity index (χ1v) is 16.9. The van der Waals surface area contributed by atoms with Crippen molar-refractivity contribution in [3.05, 3.63) is 174 Å². The summed E-state index contributed by atoms with van der Waals surface area (Å²) >= 11 is 20.3. The molecule has 8 nitrogen and oxygen atoms in total. The summed E-state index contributed by atoms with van der Waals surface area (Å²) in [6.45, 7) is 2.03. The van der Waals surface area contributed by atoms with E-state index < -0.39 is 17.0 Å². The molecule has 0 atom stereocenters.